The van der Waals surface area contributed by atoms with E-state index < -0.39 is 0 Å². The minimum absolute atomic E-state index is 0.490. The van der Waals surface area contributed by atoms with Crippen molar-refractivity contribution in [1.29, 1.82) is 0 Å². The van der Waals surface area contributed by atoms with Crippen LogP contribution in [0.5, 0.6) is 0 Å². The third-order valence-electron chi connectivity index (χ3n) is 5.43. The molecule has 2 aliphatic heterocycles. The molecule has 1 aliphatic carbocycles. The molecule has 0 radical (unpaired) electrons. The Labute approximate surface area is 106 Å². The minimum Gasteiger partial charge on any atom is -0.328 e. The number of rotatable bonds is 2. The van der Waals surface area contributed by atoms with Crippen LogP contribution in [0.3, 0.4) is 0 Å². The normalized spacial score (nSPS) is 47.3. The van der Waals surface area contributed by atoms with E-state index in [1.165, 1.54) is 57.9 Å². The molecule has 17 heavy (non-hydrogen) atoms. The summed E-state index contributed by atoms with van der Waals surface area (Å²) in [6.45, 7) is 3.80. The molecule has 4 unspecified atom stereocenters. The van der Waals surface area contributed by atoms with Crippen molar-refractivity contribution in [2.24, 2.45) is 17.6 Å². The second kappa shape index (κ2) is 4.89. The molecule has 3 fully saturated rings. The predicted molar refractivity (Wildman–Crippen MR) is 71.8 cm³/mol. The van der Waals surface area contributed by atoms with Gasteiger partial charge >= 0.3 is 0 Å². The lowest BCUT2D eigenvalue weighted by atomic mass is 9.81. The lowest BCUT2D eigenvalue weighted by Gasteiger charge is -2.49. The zero-order valence-corrected chi connectivity index (χ0v) is 11.3. The molecule has 3 rings (SSSR count). The Hall–Kier alpha value is -0.0800. The molecular formula is C15H28N2. The van der Waals surface area contributed by atoms with Gasteiger partial charge < -0.3 is 5.73 Å². The smallest absolute Gasteiger partial charge is 0.0113 e. The molecule has 98 valence electrons. The molecule has 0 aromatic rings. The van der Waals surface area contributed by atoms with Gasteiger partial charge in [-0.1, -0.05) is 19.8 Å². The Bertz CT molecular complexity index is 252. The average molecular weight is 236 g/mol. The van der Waals surface area contributed by atoms with E-state index in [0.29, 0.717) is 6.04 Å². The first-order valence-corrected chi connectivity index (χ1v) is 7.73. The van der Waals surface area contributed by atoms with Crippen LogP contribution < -0.4 is 5.73 Å². The Balaban J connectivity index is 1.62. The molecule has 0 amide bonds. The van der Waals surface area contributed by atoms with Crippen LogP contribution in [0, 0.1) is 11.8 Å². The van der Waals surface area contributed by atoms with Crippen LogP contribution in [0.15, 0.2) is 0 Å². The summed E-state index contributed by atoms with van der Waals surface area (Å²) in [4.78, 5) is 2.86. The SMILES string of the molecule is CC1CCC(CN2C3CCCC2CC(N)C3)C1. The third-order valence-corrected chi connectivity index (χ3v) is 5.43. The zero-order valence-electron chi connectivity index (χ0n) is 11.3. The summed E-state index contributed by atoms with van der Waals surface area (Å²) in [5.74, 6) is 1.97. The van der Waals surface area contributed by atoms with E-state index in [9.17, 15) is 0 Å². The Morgan fingerprint density at radius 3 is 2.29 bits per heavy atom. The first kappa shape index (κ1) is 12.0. The van der Waals surface area contributed by atoms with Gasteiger partial charge in [0, 0.05) is 24.7 Å². The minimum atomic E-state index is 0.490. The van der Waals surface area contributed by atoms with Crippen molar-refractivity contribution in [1.82, 2.24) is 4.90 Å². The van der Waals surface area contributed by atoms with Gasteiger partial charge in [0.25, 0.3) is 0 Å². The molecule has 2 nitrogen and oxygen atoms in total. The van der Waals surface area contributed by atoms with E-state index in [0.717, 1.165) is 23.9 Å². The van der Waals surface area contributed by atoms with Crippen molar-refractivity contribution in [2.75, 3.05) is 6.54 Å². The van der Waals surface area contributed by atoms with Crippen molar-refractivity contribution in [2.45, 2.75) is 76.4 Å². The fraction of sp³-hybridized carbons (Fsp3) is 1.00. The largest absolute Gasteiger partial charge is 0.328 e. The van der Waals surface area contributed by atoms with E-state index >= 15 is 0 Å². The number of nitrogens with zero attached hydrogens (tertiary/aromatic N) is 1. The van der Waals surface area contributed by atoms with Crippen molar-refractivity contribution >= 4 is 0 Å². The van der Waals surface area contributed by atoms with Gasteiger partial charge in [0.1, 0.15) is 0 Å². The summed E-state index contributed by atoms with van der Waals surface area (Å²) in [6, 6.07) is 2.14. The Morgan fingerprint density at radius 2 is 1.71 bits per heavy atom. The standard InChI is InChI=1S/C15H28N2/c1-11-5-6-12(7-11)10-17-14-3-2-4-15(17)9-13(16)8-14/h11-15H,2-10,16H2,1H3. The summed E-state index contributed by atoms with van der Waals surface area (Å²) in [5.41, 5.74) is 6.19. The van der Waals surface area contributed by atoms with Crippen LogP contribution in [-0.2, 0) is 0 Å². The van der Waals surface area contributed by atoms with Crippen LogP contribution in [0.1, 0.15) is 58.3 Å². The lowest BCUT2D eigenvalue weighted by molar-refractivity contribution is 0.0188. The fourth-order valence-corrected chi connectivity index (χ4v) is 4.61. The maximum absolute atomic E-state index is 6.19. The van der Waals surface area contributed by atoms with Crippen molar-refractivity contribution in [3.63, 3.8) is 0 Å². The summed E-state index contributed by atoms with van der Waals surface area (Å²) >= 11 is 0. The monoisotopic (exact) mass is 236 g/mol. The molecule has 4 atom stereocenters. The second-order valence-corrected chi connectivity index (χ2v) is 6.95. The zero-order chi connectivity index (χ0) is 11.8. The lowest BCUT2D eigenvalue weighted by Crippen LogP contribution is -2.56. The predicted octanol–water partition coefficient (Wildman–Crippen LogP) is 2.77. The van der Waals surface area contributed by atoms with Crippen molar-refractivity contribution < 1.29 is 0 Å². The molecule has 2 saturated heterocycles. The average Bonchev–Trinajstić information content (AvgIpc) is 2.65. The highest BCUT2D eigenvalue weighted by atomic mass is 15.2. The maximum Gasteiger partial charge on any atom is 0.0113 e. The van der Waals surface area contributed by atoms with Crippen molar-refractivity contribution in [3.05, 3.63) is 0 Å². The van der Waals surface area contributed by atoms with E-state index in [4.69, 9.17) is 5.73 Å². The van der Waals surface area contributed by atoms with Crippen LogP contribution in [0.25, 0.3) is 0 Å². The highest BCUT2D eigenvalue weighted by molar-refractivity contribution is 4.95. The molecule has 0 aromatic carbocycles. The third kappa shape index (κ3) is 2.53. The second-order valence-electron chi connectivity index (χ2n) is 6.95. The molecular weight excluding hydrogens is 208 g/mol. The fourth-order valence-electron chi connectivity index (χ4n) is 4.61. The number of hydrogen-bond donors (Lipinski definition) is 1. The highest BCUT2D eigenvalue weighted by Crippen LogP contribution is 2.37. The number of hydrogen-bond acceptors (Lipinski definition) is 2. The van der Waals surface area contributed by atoms with Gasteiger partial charge in [-0.15, -0.1) is 0 Å². The van der Waals surface area contributed by atoms with Crippen LogP contribution in [0.4, 0.5) is 0 Å². The maximum atomic E-state index is 6.19. The topological polar surface area (TPSA) is 29.3 Å². The summed E-state index contributed by atoms with van der Waals surface area (Å²) in [6.07, 6.45) is 11.2. The quantitative estimate of drug-likeness (QED) is 0.799. The van der Waals surface area contributed by atoms with Gasteiger partial charge in [-0.3, -0.25) is 4.90 Å². The summed E-state index contributed by atoms with van der Waals surface area (Å²) in [5, 5.41) is 0. The first-order chi connectivity index (χ1) is 8.22. The van der Waals surface area contributed by atoms with E-state index in [1.54, 1.807) is 0 Å². The van der Waals surface area contributed by atoms with Crippen LogP contribution in [-0.4, -0.2) is 29.6 Å². The van der Waals surface area contributed by atoms with Crippen LogP contribution >= 0.6 is 0 Å². The highest BCUT2D eigenvalue weighted by Gasteiger charge is 2.38. The number of nitrogens with two attached hydrogens (primary N) is 1. The van der Waals surface area contributed by atoms with E-state index in [2.05, 4.69) is 11.8 Å². The molecule has 0 spiro atoms. The summed E-state index contributed by atoms with van der Waals surface area (Å²) in [7, 11) is 0. The van der Waals surface area contributed by atoms with Gasteiger partial charge in [0.2, 0.25) is 0 Å². The van der Waals surface area contributed by atoms with E-state index in [1.807, 2.05) is 0 Å². The van der Waals surface area contributed by atoms with Crippen molar-refractivity contribution in [3.8, 4) is 0 Å². The van der Waals surface area contributed by atoms with Gasteiger partial charge in [0.15, 0.2) is 0 Å². The van der Waals surface area contributed by atoms with Gasteiger partial charge in [-0.25, -0.2) is 0 Å². The van der Waals surface area contributed by atoms with Gasteiger partial charge in [-0.2, -0.15) is 0 Å². The van der Waals surface area contributed by atoms with Gasteiger partial charge in [-0.05, 0) is 50.4 Å². The molecule has 1 saturated carbocycles. The van der Waals surface area contributed by atoms with E-state index in [-0.39, 0.29) is 0 Å². The molecule has 2 N–H and O–H groups in total. The number of piperidine rings is 2. The Morgan fingerprint density at radius 1 is 1.00 bits per heavy atom. The first-order valence-electron chi connectivity index (χ1n) is 7.73. The van der Waals surface area contributed by atoms with Crippen LogP contribution in [0.2, 0.25) is 0 Å². The molecule has 2 heteroatoms. The molecule has 2 bridgehead atoms. The molecule has 2 heterocycles. The molecule has 0 aromatic heterocycles. The summed E-state index contributed by atoms with van der Waals surface area (Å²) < 4.78 is 0. The Kier molecular flexibility index (Phi) is 3.45. The number of fused-ring (bicyclic) bond motifs is 2. The molecule has 3 aliphatic rings. The van der Waals surface area contributed by atoms with Gasteiger partial charge in [0.05, 0.1) is 0 Å².